The van der Waals surface area contributed by atoms with E-state index in [2.05, 4.69) is 5.32 Å². The van der Waals surface area contributed by atoms with E-state index >= 15 is 0 Å². The second-order valence-electron chi connectivity index (χ2n) is 5.99. The fourth-order valence-electron chi connectivity index (χ4n) is 1.99. The molecule has 0 radical (unpaired) electrons. The molecule has 0 saturated heterocycles. The standard InChI is InChI=1S/C16H19NO4S/c1-16(2,3)21-15(20)17-12(14(18)19)9-11-8-10-6-4-5-7-13(10)22-11/h4-8,12H,9H2,1-3H3,(H,17,20)(H,18,19). The molecule has 5 nitrogen and oxygen atoms in total. The molecule has 1 amide bonds. The van der Waals surface area contributed by atoms with E-state index in [9.17, 15) is 14.7 Å². The number of amides is 1. The normalized spacial score (nSPS) is 12.9. The van der Waals surface area contributed by atoms with E-state index < -0.39 is 23.7 Å². The summed E-state index contributed by atoms with van der Waals surface area (Å²) in [5.74, 6) is -1.08. The van der Waals surface area contributed by atoms with Crippen LogP contribution in [-0.4, -0.2) is 28.8 Å². The average molecular weight is 321 g/mol. The van der Waals surface area contributed by atoms with Gasteiger partial charge in [0.2, 0.25) is 0 Å². The summed E-state index contributed by atoms with van der Waals surface area (Å²) in [6, 6.07) is 8.78. The molecule has 1 aromatic heterocycles. The predicted molar refractivity (Wildman–Crippen MR) is 86.3 cm³/mol. The van der Waals surface area contributed by atoms with Gasteiger partial charge >= 0.3 is 12.1 Å². The van der Waals surface area contributed by atoms with Crippen LogP contribution in [0.3, 0.4) is 0 Å². The average Bonchev–Trinajstić information content (AvgIpc) is 2.77. The quantitative estimate of drug-likeness (QED) is 0.904. The smallest absolute Gasteiger partial charge is 0.408 e. The Morgan fingerprint density at radius 1 is 1.32 bits per heavy atom. The maximum Gasteiger partial charge on any atom is 0.408 e. The number of hydrogen-bond acceptors (Lipinski definition) is 4. The highest BCUT2D eigenvalue weighted by molar-refractivity contribution is 7.19. The second kappa shape index (κ2) is 6.36. The molecule has 0 saturated carbocycles. The van der Waals surface area contributed by atoms with Crippen molar-refractivity contribution in [2.45, 2.75) is 38.8 Å². The van der Waals surface area contributed by atoms with Gasteiger partial charge in [0, 0.05) is 16.0 Å². The SMILES string of the molecule is CC(C)(C)OC(=O)NC(Cc1cc2ccccc2s1)C(=O)O. The molecule has 0 bridgehead atoms. The Labute approximate surface area is 132 Å². The third kappa shape index (κ3) is 4.46. The van der Waals surface area contributed by atoms with Gasteiger partial charge < -0.3 is 15.2 Å². The molecule has 2 N–H and O–H groups in total. The van der Waals surface area contributed by atoms with Crippen LogP contribution in [-0.2, 0) is 16.0 Å². The van der Waals surface area contributed by atoms with Crippen LogP contribution in [0.5, 0.6) is 0 Å². The Morgan fingerprint density at radius 3 is 2.59 bits per heavy atom. The van der Waals surface area contributed by atoms with Gasteiger partial charge in [-0.05, 0) is 38.3 Å². The Kier molecular flexibility index (Phi) is 4.71. The van der Waals surface area contributed by atoms with Gasteiger partial charge in [0.1, 0.15) is 11.6 Å². The number of alkyl carbamates (subject to hydrolysis) is 1. The summed E-state index contributed by atoms with van der Waals surface area (Å²) >= 11 is 1.53. The van der Waals surface area contributed by atoms with Crippen LogP contribution in [0, 0.1) is 0 Å². The number of carboxylic acids is 1. The lowest BCUT2D eigenvalue weighted by Crippen LogP contribution is -2.44. The van der Waals surface area contributed by atoms with Gasteiger partial charge in [-0.3, -0.25) is 0 Å². The molecule has 2 rings (SSSR count). The minimum absolute atomic E-state index is 0.230. The van der Waals surface area contributed by atoms with Gasteiger partial charge in [-0.1, -0.05) is 18.2 Å². The third-order valence-corrected chi connectivity index (χ3v) is 4.01. The first-order valence-corrected chi connectivity index (χ1v) is 7.76. The first kappa shape index (κ1) is 16.3. The number of carbonyl (C=O) groups is 2. The molecule has 0 fully saturated rings. The number of rotatable bonds is 4. The van der Waals surface area contributed by atoms with E-state index in [4.69, 9.17) is 4.74 Å². The van der Waals surface area contributed by atoms with Crippen molar-refractivity contribution in [2.24, 2.45) is 0 Å². The number of benzene rings is 1. The van der Waals surface area contributed by atoms with Crippen molar-refractivity contribution in [2.75, 3.05) is 0 Å². The highest BCUT2D eigenvalue weighted by Crippen LogP contribution is 2.26. The summed E-state index contributed by atoms with van der Waals surface area (Å²) in [7, 11) is 0. The molecule has 6 heteroatoms. The number of ether oxygens (including phenoxy) is 1. The summed E-state index contributed by atoms with van der Waals surface area (Å²) in [5.41, 5.74) is -0.662. The summed E-state index contributed by atoms with van der Waals surface area (Å²) < 4.78 is 6.20. The monoisotopic (exact) mass is 321 g/mol. The highest BCUT2D eigenvalue weighted by atomic mass is 32.1. The van der Waals surface area contributed by atoms with E-state index in [1.807, 2.05) is 30.3 Å². The number of thiophene rings is 1. The summed E-state index contributed by atoms with van der Waals surface area (Å²) in [6.07, 6.45) is -0.491. The van der Waals surface area contributed by atoms with Crippen LogP contribution in [0.25, 0.3) is 10.1 Å². The Hall–Kier alpha value is -2.08. The lowest BCUT2D eigenvalue weighted by Gasteiger charge is -2.21. The molecule has 2 aromatic rings. The van der Waals surface area contributed by atoms with Crippen molar-refractivity contribution in [3.63, 3.8) is 0 Å². The number of fused-ring (bicyclic) bond motifs is 1. The molecule has 0 spiro atoms. The lowest BCUT2D eigenvalue weighted by molar-refractivity contribution is -0.139. The Bertz CT molecular complexity index is 654. The van der Waals surface area contributed by atoms with Crippen LogP contribution >= 0.6 is 11.3 Å². The zero-order chi connectivity index (χ0) is 16.3. The van der Waals surface area contributed by atoms with Crippen molar-refractivity contribution in [1.82, 2.24) is 5.32 Å². The van der Waals surface area contributed by atoms with E-state index in [0.717, 1.165) is 15.0 Å². The highest BCUT2D eigenvalue weighted by Gasteiger charge is 2.24. The minimum atomic E-state index is -1.08. The molecule has 1 heterocycles. The van der Waals surface area contributed by atoms with Crippen molar-refractivity contribution >= 4 is 33.5 Å². The summed E-state index contributed by atoms with van der Waals surface area (Å²) in [4.78, 5) is 24.0. The van der Waals surface area contributed by atoms with E-state index in [0.29, 0.717) is 0 Å². The van der Waals surface area contributed by atoms with Gasteiger partial charge in [-0.15, -0.1) is 11.3 Å². The van der Waals surface area contributed by atoms with Crippen LogP contribution in [0.2, 0.25) is 0 Å². The largest absolute Gasteiger partial charge is 0.480 e. The van der Waals surface area contributed by atoms with Gasteiger partial charge in [0.05, 0.1) is 0 Å². The zero-order valence-electron chi connectivity index (χ0n) is 12.8. The van der Waals surface area contributed by atoms with Gasteiger partial charge in [0.15, 0.2) is 0 Å². The van der Waals surface area contributed by atoms with Crippen LogP contribution in [0.4, 0.5) is 4.79 Å². The topological polar surface area (TPSA) is 75.6 Å². The van der Waals surface area contributed by atoms with Crippen molar-refractivity contribution < 1.29 is 19.4 Å². The fraction of sp³-hybridized carbons (Fsp3) is 0.375. The molecule has 22 heavy (non-hydrogen) atoms. The maximum absolute atomic E-state index is 11.7. The van der Waals surface area contributed by atoms with Crippen LogP contribution < -0.4 is 5.32 Å². The summed E-state index contributed by atoms with van der Waals surface area (Å²) in [6.45, 7) is 5.19. The number of carbonyl (C=O) groups excluding carboxylic acids is 1. The third-order valence-electron chi connectivity index (χ3n) is 2.87. The van der Waals surface area contributed by atoms with Gasteiger partial charge in [-0.2, -0.15) is 0 Å². The number of carboxylic acid groups (broad SMARTS) is 1. The van der Waals surface area contributed by atoms with Crippen LogP contribution in [0.1, 0.15) is 25.6 Å². The number of aliphatic carboxylic acids is 1. The van der Waals surface area contributed by atoms with E-state index in [1.54, 1.807) is 20.8 Å². The first-order valence-electron chi connectivity index (χ1n) is 6.94. The Morgan fingerprint density at radius 2 is 2.00 bits per heavy atom. The zero-order valence-corrected chi connectivity index (χ0v) is 13.6. The molecule has 1 aromatic carbocycles. The molecule has 1 unspecified atom stereocenters. The molecule has 0 aliphatic heterocycles. The lowest BCUT2D eigenvalue weighted by atomic mass is 10.1. The Balaban J connectivity index is 2.08. The van der Waals surface area contributed by atoms with Crippen LogP contribution in [0.15, 0.2) is 30.3 Å². The van der Waals surface area contributed by atoms with E-state index in [1.165, 1.54) is 11.3 Å². The van der Waals surface area contributed by atoms with E-state index in [-0.39, 0.29) is 6.42 Å². The number of hydrogen-bond donors (Lipinski definition) is 2. The number of nitrogens with one attached hydrogen (secondary N) is 1. The first-order chi connectivity index (χ1) is 10.2. The molecule has 0 aliphatic rings. The van der Waals surface area contributed by atoms with Gasteiger partial charge in [-0.25, -0.2) is 9.59 Å². The molecule has 0 aliphatic carbocycles. The fourth-order valence-corrected chi connectivity index (χ4v) is 3.10. The van der Waals surface area contributed by atoms with Crippen molar-refractivity contribution in [3.8, 4) is 0 Å². The van der Waals surface area contributed by atoms with Crippen molar-refractivity contribution in [1.29, 1.82) is 0 Å². The van der Waals surface area contributed by atoms with Crippen molar-refractivity contribution in [3.05, 3.63) is 35.2 Å². The molecular formula is C16H19NO4S. The molecule has 118 valence electrons. The minimum Gasteiger partial charge on any atom is -0.480 e. The predicted octanol–water partition coefficient (Wildman–Crippen LogP) is 3.42. The summed E-state index contributed by atoms with van der Waals surface area (Å²) in [5, 5.41) is 12.8. The van der Waals surface area contributed by atoms with Gasteiger partial charge in [0.25, 0.3) is 0 Å². The molecule has 1 atom stereocenters. The maximum atomic E-state index is 11.7. The second-order valence-corrected chi connectivity index (χ2v) is 7.16. The molecular weight excluding hydrogens is 302 g/mol.